The molecule has 2 fully saturated rings. The number of nitrogens with zero attached hydrogens (tertiary/aromatic N) is 2. The predicted octanol–water partition coefficient (Wildman–Crippen LogP) is 1.91. The third-order valence-corrected chi connectivity index (χ3v) is 5.15. The van der Waals surface area contributed by atoms with Crippen LogP contribution in [-0.4, -0.2) is 90.3 Å². The summed E-state index contributed by atoms with van der Waals surface area (Å²) in [5, 5.41) is 14.8. The molecule has 1 aromatic carbocycles. The molecule has 0 aromatic heterocycles. The third-order valence-electron chi connectivity index (χ3n) is 5.15. The molecular weight excluding hydrogens is 430 g/mol. The van der Waals surface area contributed by atoms with Crippen LogP contribution in [0.3, 0.4) is 0 Å². The van der Waals surface area contributed by atoms with Gasteiger partial charge in [-0.2, -0.15) is 0 Å². The van der Waals surface area contributed by atoms with E-state index in [1.165, 1.54) is 32.4 Å². The summed E-state index contributed by atoms with van der Waals surface area (Å²) in [5.74, 6) is -0.401. The molecule has 3 rings (SSSR count). The Balaban J connectivity index is 0.000000591. The van der Waals surface area contributed by atoms with Crippen molar-refractivity contribution in [2.45, 2.75) is 45.6 Å². The van der Waals surface area contributed by atoms with Gasteiger partial charge < -0.3 is 30.3 Å². The van der Waals surface area contributed by atoms with Crippen LogP contribution in [0.1, 0.15) is 49.9 Å². The van der Waals surface area contributed by atoms with E-state index >= 15 is 0 Å². The summed E-state index contributed by atoms with van der Waals surface area (Å²) in [6.45, 7) is 6.90. The molecule has 0 saturated carbocycles. The standard InChI is InChI=1S/C19H29N3O3.2C2H4O2/c1-24-16-5-6-17(18(13-16)25-12-8-20)19(23)22-11-7-15(14-22)21-9-3-2-4-10-21;2*1-2(3)4/h5-6,13,15H,2-4,7-12,14,20H2,1H3;2*1H3,(H,3,4). The highest BCUT2D eigenvalue weighted by atomic mass is 16.5. The Morgan fingerprint density at radius 1 is 1.06 bits per heavy atom. The van der Waals surface area contributed by atoms with Gasteiger partial charge in [-0.1, -0.05) is 6.42 Å². The lowest BCUT2D eigenvalue weighted by Gasteiger charge is -2.32. The van der Waals surface area contributed by atoms with Gasteiger partial charge in [0.15, 0.2) is 0 Å². The number of methoxy groups -OCH3 is 1. The van der Waals surface area contributed by atoms with Gasteiger partial charge in [-0.05, 0) is 44.5 Å². The largest absolute Gasteiger partial charge is 0.497 e. The third kappa shape index (κ3) is 10.5. The Bertz CT molecular complexity index is 746. The Hall–Kier alpha value is -2.85. The van der Waals surface area contributed by atoms with Crippen LogP contribution in [0.5, 0.6) is 11.5 Å². The highest BCUT2D eigenvalue weighted by molar-refractivity contribution is 5.97. The zero-order valence-corrected chi connectivity index (χ0v) is 19.8. The van der Waals surface area contributed by atoms with E-state index in [0.29, 0.717) is 36.3 Å². The molecule has 10 heteroatoms. The van der Waals surface area contributed by atoms with Crippen LogP contribution in [0, 0.1) is 0 Å². The average molecular weight is 468 g/mol. The van der Waals surface area contributed by atoms with Gasteiger partial charge in [0.1, 0.15) is 18.1 Å². The maximum absolute atomic E-state index is 13.0. The van der Waals surface area contributed by atoms with Crippen LogP contribution in [0.15, 0.2) is 18.2 Å². The van der Waals surface area contributed by atoms with Gasteiger partial charge in [-0.15, -0.1) is 0 Å². The highest BCUT2D eigenvalue weighted by Crippen LogP contribution is 2.28. The summed E-state index contributed by atoms with van der Waals surface area (Å²) in [6, 6.07) is 5.86. The number of piperidine rings is 1. The van der Waals surface area contributed by atoms with E-state index in [2.05, 4.69) is 4.90 Å². The first-order chi connectivity index (χ1) is 15.7. The number of aliphatic carboxylic acids is 2. The second-order valence-electron chi connectivity index (χ2n) is 7.83. The molecule has 0 bridgehead atoms. The van der Waals surface area contributed by atoms with E-state index in [1.54, 1.807) is 25.3 Å². The van der Waals surface area contributed by atoms with E-state index in [9.17, 15) is 4.79 Å². The van der Waals surface area contributed by atoms with Crippen molar-refractivity contribution in [2.24, 2.45) is 5.73 Å². The van der Waals surface area contributed by atoms with Crippen molar-refractivity contribution in [3.8, 4) is 11.5 Å². The molecule has 0 spiro atoms. The number of rotatable bonds is 6. The van der Waals surface area contributed by atoms with Crippen molar-refractivity contribution in [1.29, 1.82) is 0 Å². The van der Waals surface area contributed by atoms with Gasteiger partial charge in [0.05, 0.1) is 12.7 Å². The Morgan fingerprint density at radius 2 is 1.67 bits per heavy atom. The van der Waals surface area contributed by atoms with Crippen molar-refractivity contribution in [1.82, 2.24) is 9.80 Å². The number of amides is 1. The summed E-state index contributed by atoms with van der Waals surface area (Å²) in [5.41, 5.74) is 6.13. The van der Waals surface area contributed by atoms with Crippen LogP contribution >= 0.6 is 0 Å². The van der Waals surface area contributed by atoms with E-state index in [-0.39, 0.29) is 5.91 Å². The zero-order chi connectivity index (χ0) is 24.8. The number of carboxylic acids is 2. The number of benzene rings is 1. The van der Waals surface area contributed by atoms with E-state index in [4.69, 9.17) is 35.0 Å². The quantitative estimate of drug-likeness (QED) is 0.572. The SMILES string of the molecule is CC(=O)O.CC(=O)O.COc1ccc(C(=O)N2CCC(N3CCCCC3)C2)c(OCCN)c1. The highest BCUT2D eigenvalue weighted by Gasteiger charge is 2.32. The van der Waals surface area contributed by atoms with Crippen molar-refractivity contribution in [3.05, 3.63) is 23.8 Å². The lowest BCUT2D eigenvalue weighted by molar-refractivity contribution is -0.135. The second-order valence-corrected chi connectivity index (χ2v) is 7.83. The number of carbonyl (C=O) groups is 3. The molecule has 2 aliphatic rings. The second kappa shape index (κ2) is 15.1. The molecule has 0 aliphatic carbocycles. The summed E-state index contributed by atoms with van der Waals surface area (Å²) >= 11 is 0. The molecule has 2 aliphatic heterocycles. The van der Waals surface area contributed by atoms with Crippen molar-refractivity contribution >= 4 is 17.8 Å². The molecule has 10 nitrogen and oxygen atoms in total. The lowest BCUT2D eigenvalue weighted by atomic mass is 10.1. The smallest absolute Gasteiger partial charge is 0.300 e. The fourth-order valence-corrected chi connectivity index (χ4v) is 3.77. The predicted molar refractivity (Wildman–Crippen MR) is 124 cm³/mol. The number of nitrogens with two attached hydrogens (primary N) is 1. The maximum Gasteiger partial charge on any atom is 0.300 e. The normalized spacial score (nSPS) is 17.7. The van der Waals surface area contributed by atoms with Crippen LogP contribution < -0.4 is 15.2 Å². The first-order valence-corrected chi connectivity index (χ1v) is 11.1. The minimum Gasteiger partial charge on any atom is -0.497 e. The molecule has 1 atom stereocenters. The Kier molecular flexibility index (Phi) is 12.9. The Labute approximate surface area is 195 Å². The number of hydrogen-bond donors (Lipinski definition) is 3. The molecule has 1 unspecified atom stereocenters. The van der Waals surface area contributed by atoms with Crippen molar-refractivity contribution in [3.63, 3.8) is 0 Å². The molecule has 4 N–H and O–H groups in total. The first-order valence-electron chi connectivity index (χ1n) is 11.1. The van der Waals surface area contributed by atoms with E-state index < -0.39 is 11.9 Å². The fourth-order valence-electron chi connectivity index (χ4n) is 3.77. The first kappa shape index (κ1) is 28.2. The van der Waals surface area contributed by atoms with E-state index in [0.717, 1.165) is 33.4 Å². The molecule has 1 amide bonds. The number of likely N-dealkylation sites (tertiary alicyclic amines) is 2. The number of carbonyl (C=O) groups excluding carboxylic acids is 1. The number of hydrogen-bond acceptors (Lipinski definition) is 7. The minimum absolute atomic E-state index is 0.0363. The van der Waals surface area contributed by atoms with Crippen molar-refractivity contribution in [2.75, 3.05) is 46.4 Å². The molecule has 1 aromatic rings. The van der Waals surface area contributed by atoms with Crippen LogP contribution in [0.2, 0.25) is 0 Å². The topological polar surface area (TPSA) is 143 Å². The monoisotopic (exact) mass is 467 g/mol. The van der Waals surface area contributed by atoms with Gasteiger partial charge in [0, 0.05) is 45.6 Å². The summed E-state index contributed by atoms with van der Waals surface area (Å²) in [4.78, 5) is 35.5. The van der Waals surface area contributed by atoms with Gasteiger partial charge in [0.25, 0.3) is 17.8 Å². The zero-order valence-electron chi connectivity index (χ0n) is 19.8. The van der Waals surface area contributed by atoms with Crippen LogP contribution in [0.4, 0.5) is 0 Å². The number of ether oxygens (including phenoxy) is 2. The lowest BCUT2D eigenvalue weighted by Crippen LogP contribution is -2.41. The number of carboxylic acid groups (broad SMARTS) is 2. The van der Waals surface area contributed by atoms with Gasteiger partial charge in [-0.25, -0.2) is 0 Å². The summed E-state index contributed by atoms with van der Waals surface area (Å²) in [6.07, 6.45) is 4.94. The molecular formula is C23H37N3O7. The van der Waals surface area contributed by atoms with Gasteiger partial charge in [-0.3, -0.25) is 19.3 Å². The summed E-state index contributed by atoms with van der Waals surface area (Å²) < 4.78 is 10.9. The maximum atomic E-state index is 13.0. The van der Waals surface area contributed by atoms with Gasteiger partial charge >= 0.3 is 0 Å². The molecule has 2 saturated heterocycles. The molecule has 186 valence electrons. The van der Waals surface area contributed by atoms with Crippen LogP contribution in [0.25, 0.3) is 0 Å². The molecule has 0 radical (unpaired) electrons. The Morgan fingerprint density at radius 3 is 2.21 bits per heavy atom. The van der Waals surface area contributed by atoms with Crippen molar-refractivity contribution < 1.29 is 34.1 Å². The molecule has 2 heterocycles. The van der Waals surface area contributed by atoms with E-state index in [1.807, 2.05) is 4.90 Å². The fraction of sp³-hybridized carbons (Fsp3) is 0.609. The summed E-state index contributed by atoms with van der Waals surface area (Å²) in [7, 11) is 1.60. The minimum atomic E-state index is -0.833. The molecule has 33 heavy (non-hydrogen) atoms. The van der Waals surface area contributed by atoms with Gasteiger partial charge in [0.2, 0.25) is 0 Å². The average Bonchev–Trinajstić information content (AvgIpc) is 3.27. The van der Waals surface area contributed by atoms with Crippen LogP contribution in [-0.2, 0) is 9.59 Å².